The lowest BCUT2D eigenvalue weighted by molar-refractivity contribution is -0.127. The molecule has 2 N–H and O–H groups in total. The maximum atomic E-state index is 13.2. The zero-order valence-electron chi connectivity index (χ0n) is 19.2. The highest BCUT2D eigenvalue weighted by atomic mass is 35.5. The standard InChI is InChI=1S/C21H27ClN6O4S2/c1-14(29)27-8-6-21(12-27)13-28(20(30)25-19-23-11-18(22)33-19)17-5-4-15(10-16(17)21)34(31,32)24-7-9-26(2)3/h4-5,10-11,24H,6-9,12-13H2,1-3H3,(H,23,25,30). The number of benzene rings is 1. The third-order valence-electron chi connectivity index (χ3n) is 6.19. The molecule has 2 aromatic rings. The van der Waals surface area contributed by atoms with E-state index in [1.54, 1.807) is 21.9 Å². The predicted molar refractivity (Wildman–Crippen MR) is 132 cm³/mol. The number of likely N-dealkylation sites (tertiary alicyclic amines) is 1. The lowest BCUT2D eigenvalue weighted by atomic mass is 9.81. The van der Waals surface area contributed by atoms with E-state index in [2.05, 4.69) is 15.0 Å². The van der Waals surface area contributed by atoms with Crippen LogP contribution in [-0.4, -0.2) is 82.0 Å². The highest BCUT2D eigenvalue weighted by Gasteiger charge is 2.49. The van der Waals surface area contributed by atoms with E-state index in [1.807, 2.05) is 19.0 Å². The molecule has 10 nitrogen and oxygen atoms in total. The summed E-state index contributed by atoms with van der Waals surface area (Å²) in [5.74, 6) is -0.0483. The highest BCUT2D eigenvalue weighted by Crippen LogP contribution is 2.47. The molecule has 184 valence electrons. The van der Waals surface area contributed by atoms with Crippen LogP contribution in [0.2, 0.25) is 4.34 Å². The van der Waals surface area contributed by atoms with Gasteiger partial charge in [0, 0.05) is 50.7 Å². The van der Waals surface area contributed by atoms with E-state index in [0.29, 0.717) is 47.8 Å². The van der Waals surface area contributed by atoms with Crippen molar-refractivity contribution in [2.45, 2.75) is 23.7 Å². The van der Waals surface area contributed by atoms with Crippen LogP contribution in [-0.2, 0) is 20.2 Å². The van der Waals surface area contributed by atoms with Gasteiger partial charge in [-0.3, -0.25) is 15.0 Å². The van der Waals surface area contributed by atoms with Gasteiger partial charge < -0.3 is 9.80 Å². The molecule has 1 spiro atoms. The van der Waals surface area contributed by atoms with Gasteiger partial charge in [-0.2, -0.15) is 0 Å². The Bertz CT molecular complexity index is 1220. The molecule has 1 saturated heterocycles. The number of carbonyl (C=O) groups is 2. The molecule has 4 rings (SSSR count). The molecule has 34 heavy (non-hydrogen) atoms. The first kappa shape index (κ1) is 24.9. The van der Waals surface area contributed by atoms with Crippen molar-refractivity contribution in [2.24, 2.45) is 0 Å². The van der Waals surface area contributed by atoms with E-state index in [1.165, 1.54) is 19.2 Å². The Hall–Kier alpha value is -2.25. The van der Waals surface area contributed by atoms with E-state index in [0.717, 1.165) is 16.9 Å². The van der Waals surface area contributed by atoms with Crippen molar-refractivity contribution in [2.75, 3.05) is 57.0 Å². The van der Waals surface area contributed by atoms with Gasteiger partial charge in [-0.1, -0.05) is 22.9 Å². The molecule has 1 unspecified atom stereocenters. The summed E-state index contributed by atoms with van der Waals surface area (Å²) in [6, 6.07) is 4.43. The van der Waals surface area contributed by atoms with Crippen LogP contribution in [0.4, 0.5) is 15.6 Å². The number of urea groups is 1. The summed E-state index contributed by atoms with van der Waals surface area (Å²) in [4.78, 5) is 34.6. The largest absolute Gasteiger partial charge is 0.342 e. The van der Waals surface area contributed by atoms with Crippen molar-refractivity contribution in [1.29, 1.82) is 0 Å². The minimum absolute atomic E-state index is 0.0483. The molecule has 13 heteroatoms. The van der Waals surface area contributed by atoms with Crippen LogP contribution < -0.4 is 14.9 Å². The minimum atomic E-state index is -3.74. The monoisotopic (exact) mass is 526 g/mol. The number of anilines is 2. The fraction of sp³-hybridized carbons (Fsp3) is 0.476. The van der Waals surface area contributed by atoms with Crippen molar-refractivity contribution in [1.82, 2.24) is 19.5 Å². The topological polar surface area (TPSA) is 115 Å². The quantitative estimate of drug-likeness (QED) is 0.596. The van der Waals surface area contributed by atoms with Crippen molar-refractivity contribution < 1.29 is 18.0 Å². The maximum Gasteiger partial charge on any atom is 0.328 e. The normalized spacial score (nSPS) is 19.8. The molecular weight excluding hydrogens is 500 g/mol. The molecule has 1 aromatic carbocycles. The number of carbonyl (C=O) groups excluding carboxylic acids is 2. The molecule has 0 aliphatic carbocycles. The van der Waals surface area contributed by atoms with Crippen LogP contribution in [0.15, 0.2) is 29.3 Å². The summed E-state index contributed by atoms with van der Waals surface area (Å²) in [5.41, 5.74) is 0.824. The average molecular weight is 527 g/mol. The smallest absolute Gasteiger partial charge is 0.328 e. The number of nitrogens with zero attached hydrogens (tertiary/aromatic N) is 4. The van der Waals surface area contributed by atoms with E-state index in [-0.39, 0.29) is 23.4 Å². The molecule has 2 aliphatic heterocycles. The Morgan fingerprint density at radius 3 is 2.68 bits per heavy atom. The number of nitrogens with one attached hydrogen (secondary N) is 2. The summed E-state index contributed by atoms with van der Waals surface area (Å²) in [6.07, 6.45) is 2.09. The fourth-order valence-corrected chi connectivity index (χ4v) is 6.29. The number of hydrogen-bond donors (Lipinski definition) is 2. The molecule has 0 saturated carbocycles. The molecule has 1 atom stereocenters. The first-order chi connectivity index (χ1) is 16.0. The number of sulfonamides is 1. The van der Waals surface area contributed by atoms with E-state index < -0.39 is 15.4 Å². The summed E-state index contributed by atoms with van der Waals surface area (Å²) >= 11 is 7.08. The van der Waals surface area contributed by atoms with Crippen LogP contribution in [0.5, 0.6) is 0 Å². The van der Waals surface area contributed by atoms with Gasteiger partial charge in [0.25, 0.3) is 0 Å². The van der Waals surface area contributed by atoms with Crippen LogP contribution >= 0.6 is 22.9 Å². The predicted octanol–water partition coefficient (Wildman–Crippen LogP) is 2.18. The van der Waals surface area contributed by atoms with Gasteiger partial charge in [0.1, 0.15) is 4.34 Å². The Labute approximate surface area is 207 Å². The Kier molecular flexibility index (Phi) is 6.89. The van der Waals surface area contributed by atoms with Crippen molar-refractivity contribution in [3.63, 3.8) is 0 Å². The summed E-state index contributed by atoms with van der Waals surface area (Å²) in [6.45, 7) is 3.65. The number of thiazole rings is 1. The van der Waals surface area contributed by atoms with E-state index in [4.69, 9.17) is 11.6 Å². The maximum absolute atomic E-state index is 13.2. The number of amides is 3. The van der Waals surface area contributed by atoms with E-state index >= 15 is 0 Å². The molecule has 1 fully saturated rings. The lowest BCUT2D eigenvalue weighted by Crippen LogP contribution is -2.41. The minimum Gasteiger partial charge on any atom is -0.342 e. The van der Waals surface area contributed by atoms with Gasteiger partial charge in [0.2, 0.25) is 15.9 Å². The molecule has 0 bridgehead atoms. The summed E-state index contributed by atoms with van der Waals surface area (Å²) in [5, 5.41) is 3.14. The van der Waals surface area contributed by atoms with Crippen molar-refractivity contribution in [3.05, 3.63) is 34.3 Å². The van der Waals surface area contributed by atoms with Crippen LogP contribution in [0.25, 0.3) is 0 Å². The third-order valence-corrected chi connectivity index (χ3v) is 8.68. The van der Waals surface area contributed by atoms with Gasteiger partial charge in [-0.15, -0.1) is 0 Å². The molecular formula is C21H27ClN6O4S2. The third kappa shape index (κ3) is 4.91. The van der Waals surface area contributed by atoms with Crippen molar-refractivity contribution in [3.8, 4) is 0 Å². The lowest BCUT2D eigenvalue weighted by Gasteiger charge is -2.25. The molecule has 3 amide bonds. The Morgan fingerprint density at radius 1 is 1.29 bits per heavy atom. The fourth-order valence-electron chi connectivity index (χ4n) is 4.44. The second-order valence-corrected chi connectivity index (χ2v) is 12.3. The van der Waals surface area contributed by atoms with Crippen LogP contribution in [0.1, 0.15) is 18.9 Å². The van der Waals surface area contributed by atoms with Gasteiger partial charge in [0.15, 0.2) is 5.13 Å². The number of fused-ring (bicyclic) bond motifs is 2. The highest BCUT2D eigenvalue weighted by molar-refractivity contribution is 7.89. The number of hydrogen-bond acceptors (Lipinski definition) is 7. The van der Waals surface area contributed by atoms with Gasteiger partial charge in [-0.05, 0) is 44.3 Å². The van der Waals surface area contributed by atoms with Gasteiger partial charge >= 0.3 is 6.03 Å². The van der Waals surface area contributed by atoms with Crippen LogP contribution in [0, 0.1) is 0 Å². The first-order valence-corrected chi connectivity index (χ1v) is 13.4. The van der Waals surface area contributed by atoms with E-state index in [9.17, 15) is 18.0 Å². The number of rotatable bonds is 6. The number of likely N-dealkylation sites (N-methyl/N-ethyl adjacent to an activating group) is 1. The number of aromatic nitrogens is 1. The molecule has 1 aromatic heterocycles. The summed E-state index contributed by atoms with van der Waals surface area (Å²) in [7, 11) is 0.000939. The zero-order chi connectivity index (χ0) is 24.7. The average Bonchev–Trinajstić information content (AvgIpc) is 3.46. The van der Waals surface area contributed by atoms with Gasteiger partial charge in [0.05, 0.1) is 11.1 Å². The second-order valence-electron chi connectivity index (χ2n) is 8.84. The molecule has 2 aliphatic rings. The SMILES string of the molecule is CC(=O)N1CCC2(C1)CN(C(=O)Nc1ncc(Cl)s1)c1ccc(S(=O)(=O)NCCN(C)C)cc12. The first-order valence-electron chi connectivity index (χ1n) is 10.7. The second kappa shape index (κ2) is 9.42. The molecule has 0 radical (unpaired) electrons. The Morgan fingerprint density at radius 2 is 2.06 bits per heavy atom. The van der Waals surface area contributed by atoms with Gasteiger partial charge in [-0.25, -0.2) is 22.9 Å². The summed E-state index contributed by atoms with van der Waals surface area (Å²) < 4.78 is 29.0. The van der Waals surface area contributed by atoms with Crippen molar-refractivity contribution >= 4 is 55.7 Å². The Balaban J connectivity index is 1.67. The number of halogens is 1. The zero-order valence-corrected chi connectivity index (χ0v) is 21.6. The molecule has 3 heterocycles. The van der Waals surface area contributed by atoms with Crippen LogP contribution in [0.3, 0.4) is 0 Å².